The number of hydrogen-bond acceptors (Lipinski definition) is 7. The molecule has 2 atom stereocenters. The molecule has 0 heterocycles. The quantitative estimate of drug-likeness (QED) is 0.160. The molecular weight excluding hydrogens is 492 g/mol. The van der Waals surface area contributed by atoms with Gasteiger partial charge in [-0.1, -0.05) is 57.4 Å². The number of carbonyl (C=O) groups excluding carboxylic acids is 2. The van der Waals surface area contributed by atoms with Crippen LogP contribution < -0.4 is 9.80 Å². The fraction of sp³-hybridized carbons (Fsp3) is 0.562. The standard InChI is InChI=1S/C32H48N2O5/c1-7-13-14-25(8-2)23-39-30(36)31(37,24-35)32(38,26-15-19-28(20-16-26)33(9-3)10-4)27-17-21-29(22-18-27)34(11-5)12-6/h15-22,24-25,37-38H,7-14,23H2,1-6H3/t25?,31-/m1/s1. The van der Waals surface area contributed by atoms with Crippen LogP contribution in [0.2, 0.25) is 0 Å². The van der Waals surface area contributed by atoms with Crippen LogP contribution in [0.25, 0.3) is 0 Å². The molecule has 0 spiro atoms. The Morgan fingerprint density at radius 1 is 0.821 bits per heavy atom. The molecule has 7 nitrogen and oxygen atoms in total. The Morgan fingerprint density at radius 3 is 1.59 bits per heavy atom. The lowest BCUT2D eigenvalue weighted by molar-refractivity contribution is -0.191. The van der Waals surface area contributed by atoms with Crippen molar-refractivity contribution in [3.63, 3.8) is 0 Å². The highest BCUT2D eigenvalue weighted by molar-refractivity contribution is 5.99. The minimum absolute atomic E-state index is 0.0728. The van der Waals surface area contributed by atoms with Crippen molar-refractivity contribution in [2.24, 2.45) is 5.92 Å². The van der Waals surface area contributed by atoms with Gasteiger partial charge in [0.25, 0.3) is 5.60 Å². The molecule has 0 saturated heterocycles. The molecule has 2 N–H and O–H groups in total. The van der Waals surface area contributed by atoms with Crippen molar-refractivity contribution >= 4 is 23.6 Å². The molecule has 2 aromatic rings. The summed E-state index contributed by atoms with van der Waals surface area (Å²) in [6, 6.07) is 13.9. The molecule has 0 aliphatic rings. The fourth-order valence-corrected chi connectivity index (χ4v) is 5.09. The van der Waals surface area contributed by atoms with E-state index < -0.39 is 17.2 Å². The van der Waals surface area contributed by atoms with Crippen molar-refractivity contribution in [1.29, 1.82) is 0 Å². The lowest BCUT2D eigenvalue weighted by Crippen LogP contribution is -2.60. The van der Waals surface area contributed by atoms with Gasteiger partial charge in [-0.2, -0.15) is 0 Å². The molecule has 0 bridgehead atoms. The Bertz CT molecular complexity index is 960. The van der Waals surface area contributed by atoms with Gasteiger partial charge in [0, 0.05) is 37.6 Å². The van der Waals surface area contributed by atoms with Gasteiger partial charge in [0.2, 0.25) is 0 Å². The number of nitrogens with zero attached hydrogens (tertiary/aromatic N) is 2. The number of unbranched alkanes of at least 4 members (excludes halogenated alkanes) is 1. The minimum atomic E-state index is -2.86. The zero-order chi connectivity index (χ0) is 29.1. The Labute approximate surface area is 234 Å². The predicted octanol–water partition coefficient (Wildman–Crippen LogP) is 5.30. The van der Waals surface area contributed by atoms with E-state index in [4.69, 9.17) is 4.74 Å². The molecule has 216 valence electrons. The number of carbonyl (C=O) groups is 2. The van der Waals surface area contributed by atoms with Crippen molar-refractivity contribution in [3.8, 4) is 0 Å². The van der Waals surface area contributed by atoms with Crippen molar-refractivity contribution in [2.75, 3.05) is 42.6 Å². The van der Waals surface area contributed by atoms with E-state index in [1.807, 2.05) is 31.2 Å². The lowest BCUT2D eigenvalue weighted by atomic mass is 9.73. The van der Waals surface area contributed by atoms with Crippen LogP contribution >= 0.6 is 0 Å². The molecule has 0 aliphatic heterocycles. The van der Waals surface area contributed by atoms with Crippen LogP contribution in [0.1, 0.15) is 78.4 Å². The second kappa shape index (κ2) is 15.0. The molecule has 7 heteroatoms. The van der Waals surface area contributed by atoms with E-state index in [1.54, 1.807) is 24.3 Å². The van der Waals surface area contributed by atoms with Gasteiger partial charge in [-0.05, 0) is 75.4 Å². The largest absolute Gasteiger partial charge is 0.463 e. The van der Waals surface area contributed by atoms with Crippen molar-refractivity contribution in [3.05, 3.63) is 59.7 Å². The first-order chi connectivity index (χ1) is 18.7. The Kier molecular flexibility index (Phi) is 12.5. The highest BCUT2D eigenvalue weighted by atomic mass is 16.6. The van der Waals surface area contributed by atoms with E-state index in [-0.39, 0.29) is 29.9 Å². The first kappa shape index (κ1) is 32.3. The van der Waals surface area contributed by atoms with Gasteiger partial charge < -0.3 is 24.7 Å². The van der Waals surface area contributed by atoms with Crippen LogP contribution in [0.3, 0.4) is 0 Å². The van der Waals surface area contributed by atoms with Crippen LogP contribution in [0.15, 0.2) is 48.5 Å². The number of hydrogen-bond donors (Lipinski definition) is 2. The summed E-state index contributed by atoms with van der Waals surface area (Å²) in [5.41, 5.74) is -2.93. The van der Waals surface area contributed by atoms with Crippen molar-refractivity contribution in [1.82, 2.24) is 0 Å². The first-order valence-electron chi connectivity index (χ1n) is 14.5. The van der Waals surface area contributed by atoms with Crippen LogP contribution in [0.4, 0.5) is 11.4 Å². The second-order valence-corrected chi connectivity index (χ2v) is 10.0. The summed E-state index contributed by atoms with van der Waals surface area (Å²) in [5.74, 6) is -1.05. The average molecular weight is 541 g/mol. The van der Waals surface area contributed by atoms with Crippen LogP contribution in [-0.4, -0.2) is 60.9 Å². The van der Waals surface area contributed by atoms with Gasteiger partial charge >= 0.3 is 5.97 Å². The van der Waals surface area contributed by atoms with Gasteiger partial charge in [0.15, 0.2) is 11.9 Å². The lowest BCUT2D eigenvalue weighted by Gasteiger charge is -2.39. The Morgan fingerprint density at radius 2 is 1.26 bits per heavy atom. The molecule has 0 saturated carbocycles. The number of esters is 1. The fourth-order valence-electron chi connectivity index (χ4n) is 5.09. The molecule has 0 aromatic heterocycles. The van der Waals surface area contributed by atoms with E-state index in [9.17, 15) is 19.8 Å². The van der Waals surface area contributed by atoms with E-state index >= 15 is 0 Å². The van der Waals surface area contributed by atoms with E-state index in [0.29, 0.717) is 0 Å². The summed E-state index contributed by atoms with van der Waals surface area (Å²) >= 11 is 0. The summed E-state index contributed by atoms with van der Waals surface area (Å²) in [6.45, 7) is 15.6. The highest BCUT2D eigenvalue weighted by Crippen LogP contribution is 2.41. The summed E-state index contributed by atoms with van der Waals surface area (Å²) in [7, 11) is 0. The third-order valence-corrected chi connectivity index (χ3v) is 7.85. The summed E-state index contributed by atoms with van der Waals surface area (Å²) in [5, 5.41) is 24.0. The van der Waals surface area contributed by atoms with E-state index in [1.165, 1.54) is 0 Å². The summed E-state index contributed by atoms with van der Waals surface area (Å²) in [4.78, 5) is 30.3. The first-order valence-corrected chi connectivity index (χ1v) is 14.5. The minimum Gasteiger partial charge on any atom is -0.463 e. The van der Waals surface area contributed by atoms with Crippen LogP contribution in [-0.2, 0) is 19.9 Å². The topological polar surface area (TPSA) is 90.3 Å². The number of ether oxygens (including phenoxy) is 1. The number of benzene rings is 2. The SMILES string of the molecule is CCCCC(CC)COC(=O)[C@](O)(C=O)C(O)(c1ccc(N(CC)CC)cc1)c1ccc(N(CC)CC)cc1. The predicted molar refractivity (Wildman–Crippen MR) is 158 cm³/mol. The van der Waals surface area contributed by atoms with Gasteiger partial charge in [-0.3, -0.25) is 4.79 Å². The molecule has 2 rings (SSSR count). The maximum atomic E-state index is 13.4. The van der Waals surface area contributed by atoms with E-state index in [0.717, 1.165) is 63.2 Å². The molecule has 1 unspecified atom stereocenters. The number of aliphatic hydroxyl groups is 2. The molecule has 39 heavy (non-hydrogen) atoms. The van der Waals surface area contributed by atoms with Crippen LogP contribution in [0, 0.1) is 5.92 Å². The van der Waals surface area contributed by atoms with E-state index in [2.05, 4.69) is 44.4 Å². The maximum absolute atomic E-state index is 13.4. The summed E-state index contributed by atoms with van der Waals surface area (Å²) < 4.78 is 5.53. The second-order valence-electron chi connectivity index (χ2n) is 10.0. The monoisotopic (exact) mass is 540 g/mol. The Hall–Kier alpha value is -2.90. The van der Waals surface area contributed by atoms with Gasteiger partial charge in [-0.25, -0.2) is 4.79 Å². The molecular formula is C32H48N2O5. The summed E-state index contributed by atoms with van der Waals surface area (Å²) in [6.07, 6.45) is 3.81. The average Bonchev–Trinajstić information content (AvgIpc) is 2.98. The molecule has 0 amide bonds. The Balaban J connectivity index is 2.59. The van der Waals surface area contributed by atoms with Crippen molar-refractivity contribution in [2.45, 2.75) is 78.4 Å². The molecule has 0 radical (unpaired) electrons. The third-order valence-electron chi connectivity index (χ3n) is 7.85. The number of anilines is 2. The normalized spacial score (nSPS) is 13.8. The highest BCUT2D eigenvalue weighted by Gasteiger charge is 2.59. The smallest absolute Gasteiger partial charge is 0.349 e. The number of rotatable bonds is 17. The molecule has 2 aromatic carbocycles. The maximum Gasteiger partial charge on any atom is 0.349 e. The van der Waals surface area contributed by atoms with Crippen molar-refractivity contribution < 1.29 is 24.5 Å². The van der Waals surface area contributed by atoms with Gasteiger partial charge in [0.1, 0.15) is 0 Å². The van der Waals surface area contributed by atoms with Gasteiger partial charge in [-0.15, -0.1) is 0 Å². The molecule has 0 fully saturated rings. The van der Waals surface area contributed by atoms with Crippen LogP contribution in [0.5, 0.6) is 0 Å². The zero-order valence-corrected chi connectivity index (χ0v) is 24.7. The molecule has 0 aliphatic carbocycles. The van der Waals surface area contributed by atoms with Gasteiger partial charge in [0.05, 0.1) is 6.61 Å². The number of aldehydes is 1. The third kappa shape index (κ3) is 7.00. The zero-order valence-electron chi connectivity index (χ0n) is 24.7.